The zero-order valence-electron chi connectivity index (χ0n) is 14.1. The largest absolute Gasteiger partial charge is 0.490 e. The summed E-state index contributed by atoms with van der Waals surface area (Å²) < 4.78 is 5.74. The van der Waals surface area contributed by atoms with Crippen LogP contribution in [-0.2, 0) is 0 Å². The maximum absolute atomic E-state index is 11.2. The first-order valence-electron chi connectivity index (χ1n) is 9.11. The lowest BCUT2D eigenvalue weighted by Gasteiger charge is -2.32. The molecule has 0 atom stereocenters. The van der Waals surface area contributed by atoms with Crippen LogP contribution in [0.15, 0.2) is 36.4 Å². The fourth-order valence-electron chi connectivity index (χ4n) is 3.74. The van der Waals surface area contributed by atoms with Crippen molar-refractivity contribution in [3.63, 3.8) is 0 Å². The van der Waals surface area contributed by atoms with E-state index in [2.05, 4.69) is 23.1 Å². The minimum absolute atomic E-state index is 0.269. The molecule has 2 aliphatic carbocycles. The van der Waals surface area contributed by atoms with Crippen molar-refractivity contribution in [2.45, 2.75) is 37.5 Å². The van der Waals surface area contributed by atoms with Crippen LogP contribution in [0, 0.1) is 0 Å². The number of carboxylic acids is 1. The Bertz CT molecular complexity index is 822. The predicted octanol–water partition coefficient (Wildman–Crippen LogP) is 4.67. The topological polar surface area (TPSA) is 49.8 Å². The second-order valence-corrected chi connectivity index (χ2v) is 7.39. The summed E-state index contributed by atoms with van der Waals surface area (Å²) in [6.45, 7) is 1.36. The molecule has 4 nitrogen and oxygen atoms in total. The van der Waals surface area contributed by atoms with E-state index in [1.165, 1.54) is 42.5 Å². The quantitative estimate of drug-likeness (QED) is 0.882. The number of hydrogen-bond donors (Lipinski definition) is 1. The van der Waals surface area contributed by atoms with Gasteiger partial charge in [-0.3, -0.25) is 0 Å². The van der Waals surface area contributed by atoms with Crippen molar-refractivity contribution < 1.29 is 14.6 Å². The van der Waals surface area contributed by atoms with Crippen molar-refractivity contribution >= 4 is 17.3 Å². The summed E-state index contributed by atoms with van der Waals surface area (Å²) in [5, 5.41) is 9.21. The van der Waals surface area contributed by atoms with Crippen LogP contribution in [0.1, 0.15) is 59.0 Å². The van der Waals surface area contributed by atoms with Gasteiger partial charge in [0.15, 0.2) is 0 Å². The number of nitrogens with zero attached hydrogens (tertiary/aromatic N) is 1. The molecule has 0 bridgehead atoms. The van der Waals surface area contributed by atoms with Crippen molar-refractivity contribution in [1.29, 1.82) is 0 Å². The minimum Gasteiger partial charge on any atom is -0.490 e. The fraction of sp³-hybridized carbons (Fsp3) is 0.381. The highest BCUT2D eigenvalue weighted by atomic mass is 16.5. The van der Waals surface area contributed by atoms with E-state index in [4.69, 9.17) is 4.74 Å². The number of fused-ring (bicyclic) bond motifs is 1. The molecule has 25 heavy (non-hydrogen) atoms. The predicted molar refractivity (Wildman–Crippen MR) is 96.3 cm³/mol. The van der Waals surface area contributed by atoms with E-state index in [1.807, 2.05) is 6.07 Å². The minimum atomic E-state index is -0.921. The van der Waals surface area contributed by atoms with Crippen LogP contribution >= 0.6 is 0 Å². The molecule has 0 saturated heterocycles. The van der Waals surface area contributed by atoms with E-state index < -0.39 is 5.97 Å². The molecule has 1 aliphatic heterocycles. The molecular formula is C21H21NO3. The highest BCUT2D eigenvalue weighted by Crippen LogP contribution is 2.47. The molecule has 0 amide bonds. The van der Waals surface area contributed by atoms with Crippen molar-refractivity contribution in [1.82, 2.24) is 0 Å². The molecule has 4 heteroatoms. The van der Waals surface area contributed by atoms with Crippen LogP contribution in [0.4, 0.5) is 11.4 Å². The molecule has 0 aromatic heterocycles. The lowest BCUT2D eigenvalue weighted by Crippen LogP contribution is -2.29. The Morgan fingerprint density at radius 1 is 1.00 bits per heavy atom. The van der Waals surface area contributed by atoms with E-state index >= 15 is 0 Å². The Kier molecular flexibility index (Phi) is 3.27. The van der Waals surface area contributed by atoms with Crippen molar-refractivity contribution in [2.24, 2.45) is 0 Å². The van der Waals surface area contributed by atoms with Gasteiger partial charge in [0.1, 0.15) is 12.4 Å². The van der Waals surface area contributed by atoms with Gasteiger partial charge in [0.2, 0.25) is 0 Å². The van der Waals surface area contributed by atoms with Gasteiger partial charge in [-0.05, 0) is 79.0 Å². The summed E-state index contributed by atoms with van der Waals surface area (Å²) in [5.74, 6) is 1.20. The Hall–Kier alpha value is -2.49. The number of rotatable bonds is 4. The third kappa shape index (κ3) is 2.76. The molecule has 2 aromatic carbocycles. The fourth-order valence-corrected chi connectivity index (χ4v) is 3.74. The van der Waals surface area contributed by atoms with Gasteiger partial charge in [-0.25, -0.2) is 4.79 Å². The first-order chi connectivity index (χ1) is 12.2. The van der Waals surface area contributed by atoms with Crippen LogP contribution in [0.3, 0.4) is 0 Å². The van der Waals surface area contributed by atoms with Crippen LogP contribution < -0.4 is 9.64 Å². The van der Waals surface area contributed by atoms with Crippen molar-refractivity contribution in [2.75, 3.05) is 18.1 Å². The van der Waals surface area contributed by atoms with Gasteiger partial charge >= 0.3 is 5.97 Å². The van der Waals surface area contributed by atoms with Gasteiger partial charge in [0.25, 0.3) is 0 Å². The van der Waals surface area contributed by atoms with Crippen molar-refractivity contribution in [3.05, 3.63) is 53.1 Å². The molecule has 1 N–H and O–H groups in total. The summed E-state index contributed by atoms with van der Waals surface area (Å²) >= 11 is 0. The molecule has 0 spiro atoms. The SMILES string of the molecule is O=C(O)c1ccc2c(c1)OCCN2c1cc(C2CC2)cc(C2CC2)c1. The van der Waals surface area contributed by atoms with Crippen LogP contribution in [0.25, 0.3) is 0 Å². The number of ether oxygens (including phenoxy) is 1. The van der Waals surface area contributed by atoms with E-state index in [0.29, 0.717) is 12.4 Å². The summed E-state index contributed by atoms with van der Waals surface area (Å²) in [6, 6.07) is 12.2. The Morgan fingerprint density at radius 3 is 2.28 bits per heavy atom. The molecule has 3 aliphatic rings. The van der Waals surface area contributed by atoms with Gasteiger partial charge in [-0.1, -0.05) is 6.07 Å². The molecule has 2 fully saturated rings. The molecule has 2 saturated carbocycles. The molecule has 1 heterocycles. The zero-order valence-corrected chi connectivity index (χ0v) is 14.1. The van der Waals surface area contributed by atoms with Gasteiger partial charge in [0, 0.05) is 5.69 Å². The van der Waals surface area contributed by atoms with Gasteiger partial charge in [0.05, 0.1) is 17.8 Å². The smallest absolute Gasteiger partial charge is 0.335 e. The lowest BCUT2D eigenvalue weighted by molar-refractivity contribution is 0.0696. The second-order valence-electron chi connectivity index (χ2n) is 7.39. The summed E-state index contributed by atoms with van der Waals surface area (Å²) in [4.78, 5) is 13.5. The molecule has 0 radical (unpaired) electrons. The number of carboxylic acid groups (broad SMARTS) is 1. The van der Waals surface area contributed by atoms with Crippen LogP contribution in [0.5, 0.6) is 5.75 Å². The third-order valence-corrected chi connectivity index (χ3v) is 5.44. The maximum Gasteiger partial charge on any atom is 0.335 e. The van der Waals surface area contributed by atoms with Gasteiger partial charge in [-0.2, -0.15) is 0 Å². The first-order valence-corrected chi connectivity index (χ1v) is 9.11. The van der Waals surface area contributed by atoms with Crippen LogP contribution in [0.2, 0.25) is 0 Å². The Labute approximate surface area is 147 Å². The van der Waals surface area contributed by atoms with E-state index in [-0.39, 0.29) is 5.56 Å². The Morgan fingerprint density at radius 2 is 1.68 bits per heavy atom. The summed E-state index contributed by atoms with van der Waals surface area (Å²) in [6.07, 6.45) is 5.20. The number of hydrogen-bond acceptors (Lipinski definition) is 3. The van der Waals surface area contributed by atoms with E-state index in [1.54, 1.807) is 12.1 Å². The van der Waals surface area contributed by atoms with Crippen LogP contribution in [-0.4, -0.2) is 24.2 Å². The molecule has 128 valence electrons. The maximum atomic E-state index is 11.2. The molecule has 5 rings (SSSR count). The normalized spacial score (nSPS) is 19.3. The number of aromatic carboxylic acids is 1. The Balaban J connectivity index is 1.57. The number of benzene rings is 2. The first kappa shape index (κ1) is 14.8. The van der Waals surface area contributed by atoms with Gasteiger partial charge in [-0.15, -0.1) is 0 Å². The highest BCUT2D eigenvalue weighted by molar-refractivity contribution is 5.89. The molecular weight excluding hydrogens is 314 g/mol. The average Bonchev–Trinajstić information content (AvgIpc) is 3.52. The highest BCUT2D eigenvalue weighted by Gasteiger charge is 2.30. The standard InChI is InChI=1S/C21H21NO3/c23-21(24)15-5-6-19-20(12-15)25-8-7-22(19)18-10-16(13-1-2-13)9-17(11-18)14-3-4-14/h5-6,9-14H,1-4,7-8H2,(H,23,24). The number of carbonyl (C=O) groups is 1. The molecule has 2 aromatic rings. The van der Waals surface area contributed by atoms with E-state index in [0.717, 1.165) is 24.1 Å². The summed E-state index contributed by atoms with van der Waals surface area (Å²) in [5.41, 5.74) is 5.39. The van der Waals surface area contributed by atoms with Gasteiger partial charge < -0.3 is 14.7 Å². The summed E-state index contributed by atoms with van der Waals surface area (Å²) in [7, 11) is 0. The molecule has 0 unspecified atom stereocenters. The third-order valence-electron chi connectivity index (χ3n) is 5.44. The zero-order chi connectivity index (χ0) is 17.0. The van der Waals surface area contributed by atoms with E-state index in [9.17, 15) is 9.90 Å². The van der Waals surface area contributed by atoms with Crippen molar-refractivity contribution in [3.8, 4) is 5.75 Å². The monoisotopic (exact) mass is 335 g/mol. The number of anilines is 2. The average molecular weight is 335 g/mol. The second kappa shape index (κ2) is 5.51. The lowest BCUT2D eigenvalue weighted by atomic mass is 10.0.